The first-order chi connectivity index (χ1) is 66.3. The van der Waals surface area contributed by atoms with Crippen LogP contribution in [0.4, 0.5) is 17.6 Å². The third-order valence-electron chi connectivity index (χ3n) is 42.1. The van der Waals surface area contributed by atoms with Crippen LogP contribution >= 0.6 is 0 Å². The van der Waals surface area contributed by atoms with Gasteiger partial charge in [0.05, 0.1) is 89.9 Å². The number of carbonyl (C=O) groups excluding carboxylic acids is 5. The highest BCUT2D eigenvalue weighted by Gasteiger charge is 2.70. The van der Waals surface area contributed by atoms with Gasteiger partial charge in [0, 0.05) is 121 Å². The Balaban J connectivity index is 0.000000103. The number of amides is 5. The quantitative estimate of drug-likeness (QED) is 0.0614. The number of methoxy groups -OCH3 is 4. The van der Waals surface area contributed by atoms with E-state index in [0.29, 0.717) is 180 Å². The van der Waals surface area contributed by atoms with Crippen LogP contribution in [0.15, 0.2) is 127 Å². The Morgan fingerprint density at radius 2 is 0.583 bits per heavy atom. The van der Waals surface area contributed by atoms with Gasteiger partial charge < -0.3 is 58.8 Å². The van der Waals surface area contributed by atoms with Gasteiger partial charge in [-0.05, 0) is 356 Å². The molecule has 20 saturated carbocycles. The lowest BCUT2D eigenvalue weighted by atomic mass is 9.37. The van der Waals surface area contributed by atoms with Gasteiger partial charge in [-0.2, -0.15) is 10.5 Å². The van der Waals surface area contributed by atoms with E-state index >= 15 is 0 Å². The van der Waals surface area contributed by atoms with Crippen molar-refractivity contribution < 1.29 is 75.8 Å². The minimum absolute atomic E-state index is 0.00924. The zero-order valence-corrected chi connectivity index (χ0v) is 83.0. The number of halogens is 4. The van der Waals surface area contributed by atoms with Crippen LogP contribution in [0.5, 0.6) is 0 Å². The molecule has 0 spiro atoms. The summed E-state index contributed by atoms with van der Waals surface area (Å²) in [6.07, 6.45) is 30.0. The van der Waals surface area contributed by atoms with Gasteiger partial charge in [-0.25, -0.2) is 17.6 Å². The van der Waals surface area contributed by atoms with Gasteiger partial charge >= 0.3 is 0 Å². The number of β-amino-alcohol motifs (C(OH)–C–C–N with tert-alkyl or cyclic N) is 3. The number of ether oxygens (including phenoxy) is 4. The molecule has 3 N–H and O–H groups in total. The molecule has 25 fully saturated rings. The predicted molar refractivity (Wildman–Crippen MR) is 516 cm³/mol. The first kappa shape index (κ1) is 97.0. The van der Waals surface area contributed by atoms with E-state index in [-0.39, 0.29) is 120 Å². The molecule has 5 amide bonds. The summed E-state index contributed by atoms with van der Waals surface area (Å²) >= 11 is 0. The number of aliphatic hydroxyl groups is 3. The van der Waals surface area contributed by atoms with Crippen LogP contribution in [0.1, 0.15) is 242 Å². The lowest BCUT2D eigenvalue weighted by Crippen LogP contribution is -2.66. The van der Waals surface area contributed by atoms with E-state index in [9.17, 15) is 56.9 Å². The lowest BCUT2D eigenvalue weighted by molar-refractivity contribution is -0.208. The number of nitrogens with zero attached hydrogens (tertiary/aromatic N) is 7. The molecule has 8 unspecified atom stereocenters. The Kier molecular flexibility index (Phi) is 25.1. The van der Waals surface area contributed by atoms with E-state index in [1.165, 1.54) is 86.9 Å². The van der Waals surface area contributed by atoms with E-state index in [2.05, 4.69) is 56.3 Å². The number of hydrogen-bond acceptors (Lipinski definition) is 14. The van der Waals surface area contributed by atoms with Crippen LogP contribution in [-0.4, -0.2) is 203 Å². The van der Waals surface area contributed by atoms with E-state index in [0.717, 1.165) is 156 Å². The van der Waals surface area contributed by atoms with Gasteiger partial charge in [-0.3, -0.25) is 24.0 Å². The summed E-state index contributed by atoms with van der Waals surface area (Å²) < 4.78 is 78.8. The molecule has 5 heterocycles. The monoisotopic (exact) mass is 1910 g/mol. The molecule has 5 saturated heterocycles. The van der Waals surface area contributed by atoms with Gasteiger partial charge in [-0.15, -0.1) is 0 Å². The van der Waals surface area contributed by atoms with Crippen molar-refractivity contribution in [2.24, 2.45) is 117 Å². The summed E-state index contributed by atoms with van der Waals surface area (Å²) in [6.45, 7) is 13.3. The molecule has 30 rings (SSSR count). The molecule has 0 aromatic heterocycles. The molecule has 25 aliphatic rings. The van der Waals surface area contributed by atoms with Crippen LogP contribution in [0.3, 0.4) is 0 Å². The predicted octanol–water partition coefficient (Wildman–Crippen LogP) is 17.8. The summed E-state index contributed by atoms with van der Waals surface area (Å²) in [5.41, 5.74) is 3.84. The zero-order valence-electron chi connectivity index (χ0n) is 83.0. The fourth-order valence-corrected chi connectivity index (χ4v) is 35.7. The summed E-state index contributed by atoms with van der Waals surface area (Å²) in [5, 5.41) is 47.9. The van der Waals surface area contributed by atoms with Gasteiger partial charge in [0.1, 0.15) is 23.3 Å². The molecular weight excluding hydrogens is 1760 g/mol. The molecule has 19 nitrogen and oxygen atoms in total. The fraction of sp³-hybridized carbons (Fsp3) is 0.681. The minimum atomic E-state index is -0.761. The Labute approximate surface area is 819 Å². The summed E-state index contributed by atoms with van der Waals surface area (Å²) in [6, 6.07) is 42.9. The topological polar surface area (TPSA) is 247 Å². The molecule has 5 aromatic rings. The van der Waals surface area contributed by atoms with Crippen molar-refractivity contribution in [3.63, 3.8) is 0 Å². The molecule has 0 radical (unpaired) electrons. The van der Waals surface area contributed by atoms with Crippen molar-refractivity contribution in [1.29, 1.82) is 10.5 Å². The van der Waals surface area contributed by atoms with Gasteiger partial charge in [-0.1, -0.05) is 92.7 Å². The maximum atomic E-state index is 13.7. The van der Waals surface area contributed by atoms with Crippen molar-refractivity contribution in [3.05, 3.63) is 178 Å². The highest BCUT2D eigenvalue weighted by Crippen LogP contribution is 2.74. The molecule has 5 aromatic carbocycles. The SMILES string of the molecule is CC1(C)C2CC3CC1CC(C2)C3(CC(=O)N1CC(C#N)C1)c1ccc(F)cc1.COC12CC3CC(C1)C(CC(=O)N1CC(C#N)C1)(c1ccc(F)cc1)C(C3)C2.COC12CC3CC(C1)C(CC(=O)N1CC(C)(O)C1)(c1ccc(F)cc1)C(C3)C2.COC12CC3CC(C1)C(CC(=O)N1CC(C)(O)C1)(c1ccc(F)cc1)C(C3)C2.COC12CC3CC(C1)C(CC(=O)N1CC(O)C1)(Cc1ccccc1)C(C3)C2. The molecule has 5 aliphatic heterocycles. The van der Waals surface area contributed by atoms with Crippen LogP contribution in [0, 0.1) is 163 Å². The van der Waals surface area contributed by atoms with Crippen molar-refractivity contribution in [1.82, 2.24) is 24.5 Å². The molecule has 746 valence electrons. The second-order valence-corrected chi connectivity index (χ2v) is 50.1. The van der Waals surface area contributed by atoms with Crippen LogP contribution in [0.2, 0.25) is 0 Å². The summed E-state index contributed by atoms with van der Waals surface area (Å²) in [5.74, 6) is 8.60. The Bertz CT molecular complexity index is 5260. The van der Waals surface area contributed by atoms with Crippen molar-refractivity contribution >= 4 is 29.5 Å². The average Bonchev–Trinajstić information content (AvgIpc) is 0.727. The standard InChI is InChI=1S/C24H29FN2O.C23H27FN2O2.2C23H30FNO3.C23H31NO3/c1-23(2)17-7-19-9-18(23)10-20(8-17)24(19,16-3-5-21(25)6-4-16)11-22(28)27-13-15(12-26)14-27;1-28-22-8-15-6-18(9-22)23(19(7-15)10-22,17-2-4-20(24)5-3-17)11-21(27)26-13-16(12-25)14-26;2*1-21(27)13-25(14-21)20(26)12-23(16-3-5-19(24)6-4-16)17-7-15-8-18(23)11-22(9-15,10-17)28-2;1-27-22-9-17-7-18(11-22)23(19(8-17)12-22,10-16-5-3-2-4-6-16)13-21(26)24-14-20(25)15-24/h3-6,15,17-20H,7-11,13-14H2,1-2H3;2-5,15-16,18-19H,6-11,13-14H2,1H3;2*3-6,15,17-18,27H,7-14H2,1-2H3;2-6,17-20,25H,7-15H2,1H3. The molecule has 23 heteroatoms. The molecular formula is C116H147F4N7O12. The van der Waals surface area contributed by atoms with Gasteiger partial charge in [0.2, 0.25) is 29.5 Å². The second kappa shape index (κ2) is 36.0. The highest BCUT2D eigenvalue weighted by atomic mass is 19.1. The van der Waals surface area contributed by atoms with Crippen LogP contribution in [-0.2, 0) is 71.0 Å². The van der Waals surface area contributed by atoms with E-state index in [4.69, 9.17) is 29.5 Å². The van der Waals surface area contributed by atoms with E-state index < -0.39 is 11.2 Å². The summed E-state index contributed by atoms with van der Waals surface area (Å²) in [4.78, 5) is 75.0. The number of aliphatic hydroxyl groups excluding tert-OH is 1. The average molecular weight is 1910 g/mol. The lowest BCUT2D eigenvalue weighted by Gasteiger charge is -2.67. The molecule has 139 heavy (non-hydrogen) atoms. The number of likely N-dealkylation sites (tertiary alicyclic amines) is 5. The Hall–Kier alpha value is -8.13. The maximum absolute atomic E-state index is 13.7. The Morgan fingerprint density at radius 3 is 0.849 bits per heavy atom. The smallest absolute Gasteiger partial charge is 0.223 e. The summed E-state index contributed by atoms with van der Waals surface area (Å²) in [7, 11) is 7.39. The van der Waals surface area contributed by atoms with Crippen molar-refractivity contribution in [2.45, 2.75) is 282 Å². The fourth-order valence-electron chi connectivity index (χ4n) is 35.7. The number of nitriles is 2. The molecule has 8 atom stereocenters. The van der Waals surface area contributed by atoms with Crippen molar-refractivity contribution in [3.8, 4) is 12.1 Å². The third-order valence-corrected chi connectivity index (χ3v) is 42.1. The number of benzene rings is 5. The van der Waals surface area contributed by atoms with E-state index in [1.807, 2.05) is 91.7 Å². The minimum Gasteiger partial charge on any atom is -0.389 e. The zero-order chi connectivity index (χ0) is 97.3. The largest absolute Gasteiger partial charge is 0.389 e. The van der Waals surface area contributed by atoms with Crippen molar-refractivity contribution in [2.75, 3.05) is 93.9 Å². The van der Waals surface area contributed by atoms with Crippen LogP contribution in [0.25, 0.3) is 0 Å². The molecule has 20 aliphatic carbocycles. The first-order valence-electron chi connectivity index (χ1n) is 52.9. The van der Waals surface area contributed by atoms with E-state index in [1.54, 1.807) is 35.8 Å². The normalized spacial score (nSPS) is 39.6. The van der Waals surface area contributed by atoms with Crippen LogP contribution < -0.4 is 0 Å². The number of hydrogen-bond donors (Lipinski definition) is 3. The van der Waals surface area contributed by atoms with Gasteiger partial charge in [0.15, 0.2) is 0 Å². The third kappa shape index (κ3) is 17.0. The number of rotatable bonds is 20. The highest BCUT2D eigenvalue weighted by molar-refractivity contribution is 5.82. The second-order valence-electron chi connectivity index (χ2n) is 50.1. The van der Waals surface area contributed by atoms with Gasteiger partial charge in [0.25, 0.3) is 0 Å². The number of carbonyl (C=O) groups is 5. The first-order valence-corrected chi connectivity index (χ1v) is 52.9. The maximum Gasteiger partial charge on any atom is 0.223 e. The Morgan fingerprint density at radius 1 is 0.331 bits per heavy atom. The molecule has 20 bridgehead atoms.